The summed E-state index contributed by atoms with van der Waals surface area (Å²) in [6, 6.07) is 15.4. The molecule has 3 aromatic rings. The van der Waals surface area contributed by atoms with Crippen LogP contribution in [0.3, 0.4) is 0 Å². The van der Waals surface area contributed by atoms with Crippen LogP contribution in [0, 0.1) is 0 Å². The van der Waals surface area contributed by atoms with E-state index in [2.05, 4.69) is 15.5 Å². The fourth-order valence-electron chi connectivity index (χ4n) is 3.44. The molecule has 162 valence electrons. The van der Waals surface area contributed by atoms with E-state index in [0.717, 1.165) is 41.6 Å². The van der Waals surface area contributed by atoms with E-state index in [0.29, 0.717) is 24.2 Å². The Bertz CT molecular complexity index is 1090. The van der Waals surface area contributed by atoms with Crippen LogP contribution in [0.5, 0.6) is 0 Å². The van der Waals surface area contributed by atoms with Gasteiger partial charge in [-0.25, -0.2) is 8.42 Å². The first-order valence-electron chi connectivity index (χ1n) is 10.0. The third-order valence-electron chi connectivity index (χ3n) is 5.53. The van der Waals surface area contributed by atoms with E-state index in [-0.39, 0.29) is 6.10 Å². The van der Waals surface area contributed by atoms with Crippen molar-refractivity contribution in [2.24, 2.45) is 0 Å². The Labute approximate surface area is 181 Å². The van der Waals surface area contributed by atoms with Crippen molar-refractivity contribution >= 4 is 17.2 Å². The Morgan fingerprint density at radius 3 is 2.45 bits per heavy atom. The number of rotatable bonds is 9. The van der Waals surface area contributed by atoms with Gasteiger partial charge in [-0.15, -0.1) is 0 Å². The zero-order valence-electron chi connectivity index (χ0n) is 16.9. The molecule has 1 saturated carbocycles. The summed E-state index contributed by atoms with van der Waals surface area (Å²) in [4.78, 5) is 14.8. The maximum absolute atomic E-state index is 11.1. The van der Waals surface area contributed by atoms with Gasteiger partial charge in [-0.2, -0.15) is 4.98 Å². The Balaban J connectivity index is 1.36. The molecule has 0 radical (unpaired) electrons. The van der Waals surface area contributed by atoms with E-state index < -0.39 is 16.0 Å². The van der Waals surface area contributed by atoms with E-state index in [1.54, 1.807) is 31.2 Å². The van der Waals surface area contributed by atoms with Crippen molar-refractivity contribution in [1.29, 1.82) is 0 Å². The minimum Gasteiger partial charge on any atom is -0.464 e. The first-order valence-corrected chi connectivity index (χ1v) is 11.3. The topological polar surface area (TPSA) is 111 Å². The largest absolute Gasteiger partial charge is 0.464 e. The lowest BCUT2D eigenvalue weighted by Crippen LogP contribution is -2.44. The normalized spacial score (nSPS) is 19.0. The average Bonchev–Trinajstić information content (AvgIpc) is 3.25. The third kappa shape index (κ3) is 5.00. The summed E-state index contributed by atoms with van der Waals surface area (Å²) in [5.41, 5.74) is 3.43. The third-order valence-corrected chi connectivity index (χ3v) is 6.46. The predicted octanol–water partition coefficient (Wildman–Crippen LogP) is 2.87. The number of benzene rings is 2. The minimum atomic E-state index is -2.51. The Morgan fingerprint density at radius 1 is 1.13 bits per heavy atom. The molecule has 1 unspecified atom stereocenters. The molecule has 1 N–H and O–H groups in total. The van der Waals surface area contributed by atoms with Gasteiger partial charge in [0, 0.05) is 23.7 Å². The Kier molecular flexibility index (Phi) is 6.43. The molecule has 1 aliphatic rings. The maximum atomic E-state index is 11.1. The van der Waals surface area contributed by atoms with Crippen LogP contribution in [-0.2, 0) is 26.8 Å². The van der Waals surface area contributed by atoms with E-state index in [1.807, 2.05) is 24.3 Å². The first kappa shape index (κ1) is 21.2. The van der Waals surface area contributed by atoms with Gasteiger partial charge in [-0.05, 0) is 43.0 Å². The fraction of sp³-hybridized carbons (Fsp3) is 0.318. The highest BCUT2D eigenvalue weighted by Gasteiger charge is 2.29. The summed E-state index contributed by atoms with van der Waals surface area (Å²) < 4.78 is 32.6. The zero-order chi connectivity index (χ0) is 21.8. The second-order valence-corrected chi connectivity index (χ2v) is 8.95. The van der Waals surface area contributed by atoms with E-state index in [1.165, 1.54) is 0 Å². The molecule has 8 nitrogen and oxygen atoms in total. The minimum absolute atomic E-state index is 0.0422. The summed E-state index contributed by atoms with van der Waals surface area (Å²) in [6.07, 6.45) is 1.73. The average molecular weight is 442 g/mol. The molecule has 2 aromatic carbocycles. The SMILES string of the molecule is CC(c1ccc(-c2nc(-c3ccc(CNC4CC(OC=O)C4)cc3)no2)cc1)[SH](=O)=O. The number of nitrogens with zero attached hydrogens (tertiary/aromatic N) is 2. The standard InChI is InChI=1S/C22H23N3O5S/c1-14(31(27)28)16-6-8-18(9-7-16)22-24-21(25-30-22)17-4-2-15(3-5-17)12-23-19-10-20(11-19)29-13-26/h2-9,13-14,19-20,23,31H,10-12H2,1H3. The summed E-state index contributed by atoms with van der Waals surface area (Å²) in [5, 5.41) is 6.97. The maximum Gasteiger partial charge on any atom is 0.293 e. The number of hydrogen-bond acceptors (Lipinski definition) is 8. The van der Waals surface area contributed by atoms with Gasteiger partial charge >= 0.3 is 0 Å². The van der Waals surface area contributed by atoms with Crippen LogP contribution < -0.4 is 5.32 Å². The molecule has 9 heteroatoms. The van der Waals surface area contributed by atoms with Gasteiger partial charge in [-0.3, -0.25) is 4.79 Å². The zero-order valence-corrected chi connectivity index (χ0v) is 17.8. The monoisotopic (exact) mass is 441 g/mol. The molecule has 0 aliphatic heterocycles. The number of ether oxygens (including phenoxy) is 1. The smallest absolute Gasteiger partial charge is 0.293 e. The van der Waals surface area contributed by atoms with E-state index in [9.17, 15) is 13.2 Å². The molecule has 31 heavy (non-hydrogen) atoms. The number of thiol groups is 1. The van der Waals surface area contributed by atoms with Crippen molar-refractivity contribution in [1.82, 2.24) is 15.5 Å². The van der Waals surface area contributed by atoms with Crippen LogP contribution in [0.1, 0.15) is 36.1 Å². The highest BCUT2D eigenvalue weighted by atomic mass is 32.2. The van der Waals surface area contributed by atoms with Crippen molar-refractivity contribution < 1.29 is 22.5 Å². The Hall–Kier alpha value is -3.04. The number of carbonyl (C=O) groups is 1. The number of carbonyl (C=O) groups excluding carboxylic acids is 1. The lowest BCUT2D eigenvalue weighted by molar-refractivity contribution is -0.138. The molecule has 0 saturated heterocycles. The molecule has 4 rings (SSSR count). The quantitative estimate of drug-likeness (QED) is 0.385. The molecule has 1 aliphatic carbocycles. The highest BCUT2D eigenvalue weighted by molar-refractivity contribution is 7.72. The highest BCUT2D eigenvalue weighted by Crippen LogP contribution is 2.26. The molecule has 0 spiro atoms. The lowest BCUT2D eigenvalue weighted by atomic mass is 9.89. The molecular formula is C22H23N3O5S. The van der Waals surface area contributed by atoms with E-state index >= 15 is 0 Å². The summed E-state index contributed by atoms with van der Waals surface area (Å²) in [7, 11) is -2.51. The van der Waals surface area contributed by atoms with Gasteiger partial charge in [0.25, 0.3) is 12.4 Å². The summed E-state index contributed by atoms with van der Waals surface area (Å²) in [6.45, 7) is 2.89. The molecule has 0 bridgehead atoms. The predicted molar refractivity (Wildman–Crippen MR) is 115 cm³/mol. The van der Waals surface area contributed by atoms with Gasteiger partial charge in [0.05, 0.1) is 5.25 Å². The molecule has 1 fully saturated rings. The van der Waals surface area contributed by atoms with Crippen LogP contribution in [0.4, 0.5) is 0 Å². The van der Waals surface area contributed by atoms with Crippen molar-refractivity contribution in [3.63, 3.8) is 0 Å². The van der Waals surface area contributed by atoms with E-state index in [4.69, 9.17) is 9.26 Å². The van der Waals surface area contributed by atoms with Crippen LogP contribution in [0.15, 0.2) is 53.1 Å². The van der Waals surface area contributed by atoms with Gasteiger partial charge in [0.15, 0.2) is 0 Å². The van der Waals surface area contributed by atoms with Crippen molar-refractivity contribution in [3.05, 3.63) is 59.7 Å². The van der Waals surface area contributed by atoms with Crippen LogP contribution in [0.2, 0.25) is 0 Å². The molecule has 1 heterocycles. The lowest BCUT2D eigenvalue weighted by Gasteiger charge is -2.34. The van der Waals surface area contributed by atoms with Crippen molar-refractivity contribution in [3.8, 4) is 22.8 Å². The first-order chi connectivity index (χ1) is 15.0. The molecule has 1 aromatic heterocycles. The summed E-state index contributed by atoms with van der Waals surface area (Å²) in [5.74, 6) is 0.867. The Morgan fingerprint density at radius 2 is 1.81 bits per heavy atom. The molecular weight excluding hydrogens is 418 g/mol. The fourth-order valence-corrected chi connectivity index (χ4v) is 3.86. The van der Waals surface area contributed by atoms with Crippen LogP contribution in [0.25, 0.3) is 22.8 Å². The number of nitrogens with one attached hydrogen (secondary N) is 1. The number of aromatic nitrogens is 2. The van der Waals surface area contributed by atoms with Crippen molar-refractivity contribution in [2.75, 3.05) is 0 Å². The second-order valence-electron chi connectivity index (χ2n) is 7.61. The molecule has 1 atom stereocenters. The van der Waals surface area contributed by atoms with Gasteiger partial charge in [-0.1, -0.05) is 41.6 Å². The number of hydrogen-bond donors (Lipinski definition) is 2. The van der Waals surface area contributed by atoms with Gasteiger partial charge < -0.3 is 14.6 Å². The second kappa shape index (κ2) is 9.40. The van der Waals surface area contributed by atoms with Gasteiger partial charge in [0.1, 0.15) is 16.8 Å². The van der Waals surface area contributed by atoms with Crippen LogP contribution >= 0.6 is 0 Å². The van der Waals surface area contributed by atoms with Gasteiger partial charge in [0.2, 0.25) is 5.82 Å². The summed E-state index contributed by atoms with van der Waals surface area (Å²) >= 11 is 0. The molecule has 0 amide bonds. The van der Waals surface area contributed by atoms with Crippen molar-refractivity contribution in [2.45, 2.75) is 43.7 Å². The van der Waals surface area contributed by atoms with Crippen LogP contribution in [-0.4, -0.2) is 37.2 Å².